The van der Waals surface area contributed by atoms with Crippen LogP contribution in [0.4, 0.5) is 0 Å². The van der Waals surface area contributed by atoms with Crippen LogP contribution < -0.4 is 4.74 Å². The highest BCUT2D eigenvalue weighted by Crippen LogP contribution is 2.29. The van der Waals surface area contributed by atoms with Crippen LogP contribution in [-0.2, 0) is 11.3 Å². The minimum atomic E-state index is 0.709. The fourth-order valence-corrected chi connectivity index (χ4v) is 4.43. The van der Waals surface area contributed by atoms with Gasteiger partial charge in [-0.15, -0.1) is 0 Å². The molecule has 0 saturated carbocycles. The van der Waals surface area contributed by atoms with Gasteiger partial charge in [-0.2, -0.15) is 0 Å². The molecule has 0 N–H and O–H groups in total. The molecule has 0 unspecified atom stereocenters. The topological polar surface area (TPSA) is 39.5 Å². The first-order chi connectivity index (χ1) is 16.3. The van der Waals surface area contributed by atoms with Crippen LogP contribution >= 0.6 is 0 Å². The number of fused-ring (bicyclic) bond motifs is 1. The molecule has 0 radical (unpaired) electrons. The average Bonchev–Trinajstić information content (AvgIpc) is 3.21. The van der Waals surface area contributed by atoms with Gasteiger partial charge >= 0.3 is 0 Å². The molecule has 5 nitrogen and oxygen atoms in total. The molecule has 1 saturated heterocycles. The fourth-order valence-electron chi connectivity index (χ4n) is 4.43. The lowest BCUT2D eigenvalue weighted by Gasteiger charge is -2.26. The van der Waals surface area contributed by atoms with Crippen LogP contribution in [0, 0.1) is 6.92 Å². The number of aromatic nitrogens is 2. The monoisotopic (exact) mass is 441 g/mol. The summed E-state index contributed by atoms with van der Waals surface area (Å²) in [4.78, 5) is 7.45. The minimum absolute atomic E-state index is 0.709. The van der Waals surface area contributed by atoms with Gasteiger partial charge in [-0.05, 0) is 37.1 Å². The van der Waals surface area contributed by atoms with Crippen LogP contribution in [0.1, 0.15) is 17.5 Å². The Morgan fingerprint density at radius 1 is 0.939 bits per heavy atom. The van der Waals surface area contributed by atoms with Crippen molar-refractivity contribution in [2.75, 3.05) is 39.5 Å². The molecule has 4 aromatic rings. The van der Waals surface area contributed by atoms with E-state index in [1.807, 2.05) is 6.07 Å². The van der Waals surface area contributed by atoms with Gasteiger partial charge in [0.05, 0.1) is 30.9 Å². The molecule has 33 heavy (non-hydrogen) atoms. The molecule has 170 valence electrons. The number of rotatable bonds is 8. The zero-order chi connectivity index (χ0) is 22.5. The Hall–Kier alpha value is -3.15. The van der Waals surface area contributed by atoms with E-state index in [4.69, 9.17) is 14.5 Å². The van der Waals surface area contributed by atoms with Gasteiger partial charge in [0.25, 0.3) is 0 Å². The lowest BCUT2D eigenvalue weighted by Crippen LogP contribution is -2.37. The van der Waals surface area contributed by atoms with Crippen LogP contribution in [-0.4, -0.2) is 53.9 Å². The summed E-state index contributed by atoms with van der Waals surface area (Å²) in [6.45, 7) is 8.37. The Balaban J connectivity index is 1.39. The highest BCUT2D eigenvalue weighted by atomic mass is 16.5. The maximum Gasteiger partial charge on any atom is 0.141 e. The molecule has 0 aliphatic carbocycles. The summed E-state index contributed by atoms with van der Waals surface area (Å²) in [7, 11) is 0. The van der Waals surface area contributed by atoms with E-state index in [0.717, 1.165) is 74.0 Å². The highest BCUT2D eigenvalue weighted by Gasteiger charge is 2.15. The summed E-state index contributed by atoms with van der Waals surface area (Å²) in [5, 5.41) is 0. The molecule has 1 fully saturated rings. The summed E-state index contributed by atoms with van der Waals surface area (Å²) in [6.07, 6.45) is 1.01. The van der Waals surface area contributed by atoms with Gasteiger partial charge in [0, 0.05) is 37.8 Å². The molecule has 0 bridgehead atoms. The lowest BCUT2D eigenvalue weighted by atomic mass is 10.1. The maximum atomic E-state index is 6.15. The third-order valence-corrected chi connectivity index (χ3v) is 6.17. The van der Waals surface area contributed by atoms with E-state index < -0.39 is 0 Å². The normalized spacial score (nSPS) is 14.6. The number of aryl methyl sites for hydroxylation is 1. The second kappa shape index (κ2) is 10.2. The molecule has 2 heterocycles. The van der Waals surface area contributed by atoms with Crippen molar-refractivity contribution in [1.29, 1.82) is 0 Å². The Kier molecular flexibility index (Phi) is 6.70. The van der Waals surface area contributed by atoms with Crippen molar-refractivity contribution in [1.82, 2.24) is 14.5 Å². The second-order valence-corrected chi connectivity index (χ2v) is 8.68. The molecule has 1 aliphatic rings. The number of nitrogens with zero attached hydrogens (tertiary/aromatic N) is 3. The predicted molar refractivity (Wildman–Crippen MR) is 133 cm³/mol. The number of hydrogen-bond acceptors (Lipinski definition) is 4. The number of morpholine rings is 1. The quantitative estimate of drug-likeness (QED) is 0.354. The molecule has 1 aromatic heterocycles. The van der Waals surface area contributed by atoms with Gasteiger partial charge < -0.3 is 14.0 Å². The van der Waals surface area contributed by atoms with E-state index in [-0.39, 0.29) is 0 Å². The van der Waals surface area contributed by atoms with Crippen molar-refractivity contribution in [3.8, 4) is 17.1 Å². The van der Waals surface area contributed by atoms with E-state index in [0.29, 0.717) is 6.61 Å². The molecule has 5 rings (SSSR count). The van der Waals surface area contributed by atoms with Crippen LogP contribution in [0.25, 0.3) is 22.4 Å². The van der Waals surface area contributed by atoms with Crippen molar-refractivity contribution >= 4 is 11.0 Å². The Morgan fingerprint density at radius 2 is 1.79 bits per heavy atom. The summed E-state index contributed by atoms with van der Waals surface area (Å²) in [5.41, 5.74) is 5.71. The van der Waals surface area contributed by atoms with Crippen LogP contribution in [0.15, 0.2) is 72.8 Å². The zero-order valence-electron chi connectivity index (χ0n) is 19.2. The molecule has 1 aliphatic heterocycles. The van der Waals surface area contributed by atoms with Crippen LogP contribution in [0.2, 0.25) is 0 Å². The first-order valence-corrected chi connectivity index (χ1v) is 11.8. The Labute approximate surface area is 195 Å². The summed E-state index contributed by atoms with van der Waals surface area (Å²) in [6, 6.07) is 25.4. The smallest absolute Gasteiger partial charge is 0.141 e. The third kappa shape index (κ3) is 5.27. The molecular weight excluding hydrogens is 410 g/mol. The van der Waals surface area contributed by atoms with Crippen molar-refractivity contribution < 1.29 is 9.47 Å². The minimum Gasteiger partial charge on any atom is -0.493 e. The van der Waals surface area contributed by atoms with Gasteiger partial charge in [0.15, 0.2) is 0 Å². The van der Waals surface area contributed by atoms with Gasteiger partial charge in [0.2, 0.25) is 0 Å². The van der Waals surface area contributed by atoms with Crippen molar-refractivity contribution in [2.45, 2.75) is 19.9 Å². The molecule has 5 heteroatoms. The standard InChI is InChI=1S/C28H31N3O2/c1-22-7-5-10-24(19-22)28-29-26-12-11-25(33-16-6-13-30-14-17-32-18-15-30)20-27(26)31(28)21-23-8-3-2-4-9-23/h2-5,7-12,19-20H,6,13-18,21H2,1H3. The van der Waals surface area contributed by atoms with Gasteiger partial charge in [-0.25, -0.2) is 4.98 Å². The third-order valence-electron chi connectivity index (χ3n) is 6.17. The number of imidazole rings is 1. The Morgan fingerprint density at radius 3 is 2.61 bits per heavy atom. The van der Waals surface area contributed by atoms with E-state index in [2.05, 4.69) is 83.1 Å². The molecule has 0 atom stereocenters. The van der Waals surface area contributed by atoms with Gasteiger partial charge in [-0.1, -0.05) is 54.1 Å². The van der Waals surface area contributed by atoms with Crippen LogP contribution in [0.3, 0.4) is 0 Å². The number of ether oxygens (including phenoxy) is 2. The largest absolute Gasteiger partial charge is 0.493 e. The number of benzene rings is 3. The van der Waals surface area contributed by atoms with E-state index in [1.54, 1.807) is 0 Å². The lowest BCUT2D eigenvalue weighted by molar-refractivity contribution is 0.0358. The van der Waals surface area contributed by atoms with Crippen molar-refractivity contribution in [3.05, 3.63) is 83.9 Å². The molecule has 0 spiro atoms. The highest BCUT2D eigenvalue weighted by molar-refractivity contribution is 5.82. The van der Waals surface area contributed by atoms with E-state index in [1.165, 1.54) is 11.1 Å². The SMILES string of the molecule is Cc1cccc(-c2nc3ccc(OCCCN4CCOCC4)cc3n2Cc2ccccc2)c1. The van der Waals surface area contributed by atoms with Crippen molar-refractivity contribution in [3.63, 3.8) is 0 Å². The second-order valence-electron chi connectivity index (χ2n) is 8.68. The van der Waals surface area contributed by atoms with Gasteiger partial charge in [-0.3, -0.25) is 4.90 Å². The predicted octanol–water partition coefficient (Wildman–Crippen LogP) is 5.16. The summed E-state index contributed by atoms with van der Waals surface area (Å²) >= 11 is 0. The molecule has 0 amide bonds. The van der Waals surface area contributed by atoms with E-state index >= 15 is 0 Å². The van der Waals surface area contributed by atoms with Gasteiger partial charge in [0.1, 0.15) is 11.6 Å². The molecule has 3 aromatic carbocycles. The summed E-state index contributed by atoms with van der Waals surface area (Å²) < 4.78 is 13.9. The first-order valence-electron chi connectivity index (χ1n) is 11.8. The number of hydrogen-bond donors (Lipinski definition) is 0. The fraction of sp³-hybridized carbons (Fsp3) is 0.321. The average molecular weight is 442 g/mol. The van der Waals surface area contributed by atoms with Crippen molar-refractivity contribution in [2.24, 2.45) is 0 Å². The maximum absolute atomic E-state index is 6.15. The zero-order valence-corrected chi connectivity index (χ0v) is 19.2. The summed E-state index contributed by atoms with van der Waals surface area (Å²) in [5.74, 6) is 1.89. The van der Waals surface area contributed by atoms with E-state index in [9.17, 15) is 0 Å². The first kappa shape index (κ1) is 21.7. The Bertz CT molecular complexity index is 1200. The van der Waals surface area contributed by atoms with Crippen LogP contribution in [0.5, 0.6) is 5.75 Å². The molecular formula is C28H31N3O2.